The topological polar surface area (TPSA) is 111 Å². The largest absolute Gasteiger partial charge is 0.336 e. The number of H-pyrrole nitrogens is 1. The van der Waals surface area contributed by atoms with E-state index in [1.54, 1.807) is 33.4 Å². The third kappa shape index (κ3) is 4.04. The first kappa shape index (κ1) is 20.0. The quantitative estimate of drug-likeness (QED) is 0.625. The van der Waals surface area contributed by atoms with Crippen molar-refractivity contribution < 1.29 is 9.59 Å². The number of aromatic nitrogens is 3. The molecule has 0 bridgehead atoms. The summed E-state index contributed by atoms with van der Waals surface area (Å²) in [7, 11) is 0. The van der Waals surface area contributed by atoms with Crippen LogP contribution in [0.4, 0.5) is 9.93 Å². The summed E-state index contributed by atoms with van der Waals surface area (Å²) in [4.78, 5) is 52.1. The number of para-hydroxylation sites is 1. The molecule has 10 heteroatoms. The molecule has 0 radical (unpaired) electrons. The lowest BCUT2D eigenvalue weighted by Gasteiger charge is -2.26. The zero-order valence-corrected chi connectivity index (χ0v) is 17.5. The Labute approximate surface area is 176 Å². The van der Waals surface area contributed by atoms with E-state index in [1.807, 2.05) is 19.9 Å². The fourth-order valence-electron chi connectivity index (χ4n) is 3.34. The molecule has 156 valence electrons. The van der Waals surface area contributed by atoms with Gasteiger partial charge in [-0.05, 0) is 26.0 Å². The molecule has 1 aliphatic heterocycles. The number of benzene rings is 1. The molecule has 2 aromatic heterocycles. The van der Waals surface area contributed by atoms with Crippen LogP contribution in [0.25, 0.3) is 10.9 Å². The monoisotopic (exact) mass is 426 g/mol. The maximum absolute atomic E-state index is 13.0. The van der Waals surface area contributed by atoms with Crippen LogP contribution in [0.5, 0.6) is 0 Å². The molecule has 1 aliphatic rings. The Hall–Kier alpha value is -3.27. The Morgan fingerprint density at radius 1 is 1.27 bits per heavy atom. The van der Waals surface area contributed by atoms with Crippen LogP contribution < -0.4 is 15.8 Å². The standard InChI is InChI=1S/C20H22N6O3S/c1-12(2)26(10-16-23-15-6-4-3-5-14(15)18(28)24-16)17(27)9-13-11-30-20(22-13)25-8-7-21-19(25)29/h3-6,11-12H,7-10H2,1-2H3,(H,21,29)(H,23,24,28). The van der Waals surface area contributed by atoms with Gasteiger partial charge in [0.15, 0.2) is 5.13 Å². The summed E-state index contributed by atoms with van der Waals surface area (Å²) in [5.41, 5.74) is 0.991. The number of hydrogen-bond acceptors (Lipinski definition) is 6. The van der Waals surface area contributed by atoms with E-state index in [0.29, 0.717) is 40.6 Å². The highest BCUT2D eigenvalue weighted by Crippen LogP contribution is 2.23. The van der Waals surface area contributed by atoms with Crippen LogP contribution in [0.2, 0.25) is 0 Å². The van der Waals surface area contributed by atoms with E-state index in [-0.39, 0.29) is 36.5 Å². The Morgan fingerprint density at radius 3 is 2.80 bits per heavy atom. The van der Waals surface area contributed by atoms with Gasteiger partial charge in [0.1, 0.15) is 5.82 Å². The van der Waals surface area contributed by atoms with Gasteiger partial charge in [-0.2, -0.15) is 0 Å². The van der Waals surface area contributed by atoms with Crippen molar-refractivity contribution in [2.45, 2.75) is 32.9 Å². The molecule has 1 fully saturated rings. The summed E-state index contributed by atoms with van der Waals surface area (Å²) in [6.45, 7) is 5.18. The molecule has 2 N–H and O–H groups in total. The van der Waals surface area contributed by atoms with Crippen molar-refractivity contribution in [1.82, 2.24) is 25.2 Å². The fraction of sp³-hybridized carbons (Fsp3) is 0.350. The summed E-state index contributed by atoms with van der Waals surface area (Å²) in [5.74, 6) is 0.317. The van der Waals surface area contributed by atoms with Crippen molar-refractivity contribution >= 4 is 39.3 Å². The number of carbonyl (C=O) groups excluding carboxylic acids is 2. The zero-order chi connectivity index (χ0) is 21.3. The fourth-order valence-corrected chi connectivity index (χ4v) is 4.19. The molecule has 3 aromatic rings. The molecular formula is C20H22N6O3S. The van der Waals surface area contributed by atoms with Crippen LogP contribution in [0.15, 0.2) is 34.4 Å². The molecule has 4 rings (SSSR count). The Bertz CT molecular complexity index is 1150. The van der Waals surface area contributed by atoms with Gasteiger partial charge in [-0.15, -0.1) is 11.3 Å². The molecule has 1 saturated heterocycles. The smallest absolute Gasteiger partial charge is 0.323 e. The van der Waals surface area contributed by atoms with Crippen LogP contribution >= 0.6 is 11.3 Å². The SMILES string of the molecule is CC(C)N(Cc1nc2ccccc2c(=O)[nH]1)C(=O)Cc1csc(N2CCNC2=O)n1. The second-order valence-corrected chi connectivity index (χ2v) is 8.16. The highest BCUT2D eigenvalue weighted by molar-refractivity contribution is 7.14. The van der Waals surface area contributed by atoms with E-state index >= 15 is 0 Å². The summed E-state index contributed by atoms with van der Waals surface area (Å²) in [6.07, 6.45) is 0.113. The number of hydrogen-bond donors (Lipinski definition) is 2. The number of urea groups is 1. The first-order valence-corrected chi connectivity index (χ1v) is 10.6. The molecule has 0 spiro atoms. The lowest BCUT2D eigenvalue weighted by Crippen LogP contribution is -2.38. The van der Waals surface area contributed by atoms with Gasteiger partial charge < -0.3 is 15.2 Å². The molecule has 0 saturated carbocycles. The van der Waals surface area contributed by atoms with Gasteiger partial charge in [0.05, 0.1) is 29.6 Å². The first-order chi connectivity index (χ1) is 14.4. The maximum Gasteiger partial charge on any atom is 0.323 e. The molecule has 9 nitrogen and oxygen atoms in total. The van der Waals surface area contributed by atoms with E-state index in [9.17, 15) is 14.4 Å². The van der Waals surface area contributed by atoms with E-state index in [0.717, 1.165) is 0 Å². The minimum Gasteiger partial charge on any atom is -0.336 e. The lowest BCUT2D eigenvalue weighted by molar-refractivity contribution is -0.133. The van der Waals surface area contributed by atoms with Crippen molar-refractivity contribution in [1.29, 1.82) is 0 Å². The van der Waals surface area contributed by atoms with Crippen molar-refractivity contribution in [3.63, 3.8) is 0 Å². The number of fused-ring (bicyclic) bond motifs is 1. The van der Waals surface area contributed by atoms with Crippen molar-refractivity contribution in [3.05, 3.63) is 51.5 Å². The highest BCUT2D eigenvalue weighted by Gasteiger charge is 2.25. The Kier molecular flexibility index (Phi) is 5.49. The minimum atomic E-state index is -0.222. The predicted molar refractivity (Wildman–Crippen MR) is 115 cm³/mol. The van der Waals surface area contributed by atoms with E-state index in [4.69, 9.17) is 0 Å². The summed E-state index contributed by atoms with van der Waals surface area (Å²) < 4.78 is 0. The molecule has 0 unspecified atom stereocenters. The molecule has 0 atom stereocenters. The molecule has 30 heavy (non-hydrogen) atoms. The van der Waals surface area contributed by atoms with Crippen LogP contribution in [0.3, 0.4) is 0 Å². The molecule has 1 aromatic carbocycles. The second kappa shape index (κ2) is 8.23. The number of anilines is 1. The van der Waals surface area contributed by atoms with Gasteiger partial charge in [-0.1, -0.05) is 12.1 Å². The molecule has 3 amide bonds. The van der Waals surface area contributed by atoms with Crippen molar-refractivity contribution in [2.24, 2.45) is 0 Å². The molecular weight excluding hydrogens is 404 g/mol. The van der Waals surface area contributed by atoms with E-state index in [1.165, 1.54) is 11.3 Å². The number of aromatic amines is 1. The van der Waals surface area contributed by atoms with Gasteiger partial charge in [0.25, 0.3) is 5.56 Å². The van der Waals surface area contributed by atoms with Crippen LogP contribution in [0.1, 0.15) is 25.4 Å². The number of carbonyl (C=O) groups is 2. The highest BCUT2D eigenvalue weighted by atomic mass is 32.1. The predicted octanol–water partition coefficient (Wildman–Crippen LogP) is 1.89. The number of amides is 3. The average Bonchev–Trinajstić information content (AvgIpc) is 3.34. The van der Waals surface area contributed by atoms with Gasteiger partial charge >= 0.3 is 6.03 Å². The van der Waals surface area contributed by atoms with Crippen LogP contribution in [-0.4, -0.2) is 50.9 Å². The Morgan fingerprint density at radius 2 is 2.07 bits per heavy atom. The minimum absolute atomic E-state index is 0.0864. The van der Waals surface area contributed by atoms with Gasteiger partial charge in [0.2, 0.25) is 5.91 Å². The van der Waals surface area contributed by atoms with Crippen LogP contribution in [0, 0.1) is 0 Å². The third-order valence-electron chi connectivity index (χ3n) is 4.89. The van der Waals surface area contributed by atoms with Gasteiger partial charge in [-0.25, -0.2) is 14.8 Å². The first-order valence-electron chi connectivity index (χ1n) is 9.69. The summed E-state index contributed by atoms with van der Waals surface area (Å²) in [5, 5.41) is 5.64. The number of rotatable bonds is 6. The number of nitrogens with one attached hydrogen (secondary N) is 2. The van der Waals surface area contributed by atoms with E-state index < -0.39 is 0 Å². The maximum atomic E-state index is 13.0. The third-order valence-corrected chi connectivity index (χ3v) is 5.80. The van der Waals surface area contributed by atoms with Crippen molar-refractivity contribution in [2.75, 3.05) is 18.0 Å². The second-order valence-electron chi connectivity index (χ2n) is 7.33. The summed E-state index contributed by atoms with van der Waals surface area (Å²) in [6, 6.07) is 6.85. The zero-order valence-electron chi connectivity index (χ0n) is 16.7. The van der Waals surface area contributed by atoms with Gasteiger partial charge in [0, 0.05) is 24.5 Å². The Balaban J connectivity index is 1.51. The summed E-state index contributed by atoms with van der Waals surface area (Å²) >= 11 is 1.34. The molecule has 0 aliphatic carbocycles. The lowest BCUT2D eigenvalue weighted by atomic mass is 10.2. The number of nitrogens with zero attached hydrogens (tertiary/aromatic N) is 4. The number of thiazole rings is 1. The normalized spacial score (nSPS) is 13.8. The van der Waals surface area contributed by atoms with Crippen molar-refractivity contribution in [3.8, 4) is 0 Å². The van der Waals surface area contributed by atoms with Gasteiger partial charge in [-0.3, -0.25) is 14.5 Å². The molecule has 3 heterocycles. The van der Waals surface area contributed by atoms with E-state index in [2.05, 4.69) is 20.3 Å². The van der Waals surface area contributed by atoms with Crippen LogP contribution in [-0.2, 0) is 17.8 Å². The average molecular weight is 427 g/mol.